The Kier molecular flexibility index (Phi) is 6.55. The molecule has 1 aromatic carbocycles. The highest BCUT2D eigenvalue weighted by Gasteiger charge is 2.41. The molecule has 0 amide bonds. The quantitative estimate of drug-likeness (QED) is 0.427. The lowest BCUT2D eigenvalue weighted by molar-refractivity contribution is -0.140. The van der Waals surface area contributed by atoms with Crippen molar-refractivity contribution in [3.63, 3.8) is 0 Å². The number of thiocarbonyl (C=S) groups is 1. The maximum atomic E-state index is 11.7. The van der Waals surface area contributed by atoms with Gasteiger partial charge in [-0.1, -0.05) is 24.3 Å². The molecule has 1 aliphatic rings. The van der Waals surface area contributed by atoms with Gasteiger partial charge in [0.05, 0.1) is 24.9 Å². The van der Waals surface area contributed by atoms with Crippen LogP contribution < -0.4 is 5.32 Å². The molecule has 7 heteroatoms. The lowest BCUT2D eigenvalue weighted by Gasteiger charge is -2.28. The highest BCUT2D eigenvalue weighted by Crippen LogP contribution is 2.41. The smallest absolute Gasteiger partial charge is 0.305 e. The van der Waals surface area contributed by atoms with Crippen molar-refractivity contribution in [2.75, 3.05) is 13.7 Å². The fourth-order valence-electron chi connectivity index (χ4n) is 4.54. The number of esters is 1. The van der Waals surface area contributed by atoms with Gasteiger partial charge in [-0.05, 0) is 68.4 Å². The number of methoxy groups -OCH3 is 1. The first-order valence-corrected chi connectivity index (χ1v) is 11.2. The molecule has 1 aliphatic heterocycles. The van der Waals surface area contributed by atoms with Crippen molar-refractivity contribution in [2.45, 2.75) is 38.8 Å². The van der Waals surface area contributed by atoms with Crippen LogP contribution in [0, 0.1) is 13.8 Å². The third-order valence-corrected chi connectivity index (χ3v) is 6.36. The second-order valence-electron chi connectivity index (χ2n) is 8.00. The second-order valence-corrected chi connectivity index (χ2v) is 8.38. The molecule has 0 bridgehead atoms. The Balaban J connectivity index is 1.74. The Hall–Kier alpha value is -3.19. The van der Waals surface area contributed by atoms with E-state index in [1.54, 1.807) is 0 Å². The maximum absolute atomic E-state index is 11.7. The van der Waals surface area contributed by atoms with Gasteiger partial charge in [0.1, 0.15) is 0 Å². The molecule has 4 rings (SSSR count). The van der Waals surface area contributed by atoms with Crippen LogP contribution in [0.3, 0.4) is 0 Å². The van der Waals surface area contributed by atoms with Crippen LogP contribution >= 0.6 is 12.2 Å². The van der Waals surface area contributed by atoms with E-state index in [1.807, 2.05) is 30.5 Å². The summed E-state index contributed by atoms with van der Waals surface area (Å²) in [4.78, 5) is 18.5. The standard InChI is InChI=1S/C25H28N4O2S/c1-17-16-20(18(2)29(17)19-10-5-4-6-11-19)24-23(21-12-7-8-14-26-21)27-25(32)28(24)15-9-13-22(30)31-3/h4-8,10-12,14,16,23-24H,9,13,15H2,1-3H3,(H,27,32)/t23-,24+/m0/s1. The van der Waals surface area contributed by atoms with Crippen molar-refractivity contribution in [3.8, 4) is 5.69 Å². The molecule has 6 nitrogen and oxygen atoms in total. The van der Waals surface area contributed by atoms with E-state index in [0.717, 1.165) is 17.1 Å². The number of para-hydroxylation sites is 1. The molecule has 0 unspecified atom stereocenters. The summed E-state index contributed by atoms with van der Waals surface area (Å²) in [6.45, 7) is 4.93. The average Bonchev–Trinajstić information content (AvgIpc) is 3.29. The molecule has 166 valence electrons. The van der Waals surface area contributed by atoms with Gasteiger partial charge in [-0.15, -0.1) is 0 Å². The number of hydrogen-bond acceptors (Lipinski definition) is 4. The van der Waals surface area contributed by atoms with E-state index >= 15 is 0 Å². The van der Waals surface area contributed by atoms with E-state index in [1.165, 1.54) is 18.4 Å². The summed E-state index contributed by atoms with van der Waals surface area (Å²) in [5, 5.41) is 4.17. The monoisotopic (exact) mass is 448 g/mol. The zero-order valence-corrected chi connectivity index (χ0v) is 19.4. The van der Waals surface area contributed by atoms with Gasteiger partial charge < -0.3 is 19.5 Å². The number of pyridine rings is 1. The Morgan fingerprint density at radius 1 is 1.16 bits per heavy atom. The van der Waals surface area contributed by atoms with Crippen LogP contribution in [0.4, 0.5) is 0 Å². The number of nitrogens with zero attached hydrogens (tertiary/aromatic N) is 3. The molecular weight excluding hydrogens is 420 g/mol. The van der Waals surface area contributed by atoms with Gasteiger partial charge in [-0.2, -0.15) is 0 Å². The van der Waals surface area contributed by atoms with E-state index in [-0.39, 0.29) is 18.1 Å². The van der Waals surface area contributed by atoms with Crippen molar-refractivity contribution < 1.29 is 9.53 Å². The van der Waals surface area contributed by atoms with Crippen LogP contribution in [0.1, 0.15) is 47.6 Å². The summed E-state index contributed by atoms with van der Waals surface area (Å²) in [5.41, 5.74) is 5.61. The second kappa shape index (κ2) is 9.53. The fourth-order valence-corrected chi connectivity index (χ4v) is 4.87. The number of carbonyl (C=O) groups is 1. The minimum absolute atomic E-state index is 0.0290. The summed E-state index contributed by atoms with van der Waals surface area (Å²) in [7, 11) is 1.42. The molecule has 2 atom stereocenters. The van der Waals surface area contributed by atoms with Crippen molar-refractivity contribution in [1.29, 1.82) is 0 Å². The number of aryl methyl sites for hydroxylation is 1. The molecule has 3 heterocycles. The summed E-state index contributed by atoms with van der Waals surface area (Å²) in [5.74, 6) is -0.205. The van der Waals surface area contributed by atoms with Gasteiger partial charge in [0.15, 0.2) is 5.11 Å². The molecular formula is C25H28N4O2S. The molecule has 32 heavy (non-hydrogen) atoms. The average molecular weight is 449 g/mol. The minimum Gasteiger partial charge on any atom is -0.469 e. The third-order valence-electron chi connectivity index (χ3n) is 6.01. The zero-order chi connectivity index (χ0) is 22.7. The Labute approximate surface area is 194 Å². The van der Waals surface area contributed by atoms with Gasteiger partial charge in [-0.25, -0.2) is 0 Å². The summed E-state index contributed by atoms with van der Waals surface area (Å²) >= 11 is 5.74. The number of ether oxygens (including phenoxy) is 1. The number of carbonyl (C=O) groups excluding carboxylic acids is 1. The van der Waals surface area contributed by atoms with Gasteiger partial charge in [0.2, 0.25) is 0 Å². The highest BCUT2D eigenvalue weighted by molar-refractivity contribution is 7.80. The van der Waals surface area contributed by atoms with Gasteiger partial charge >= 0.3 is 5.97 Å². The van der Waals surface area contributed by atoms with Gasteiger partial charge in [0.25, 0.3) is 0 Å². The Bertz CT molecular complexity index is 1100. The molecule has 2 aromatic heterocycles. The number of nitrogens with one attached hydrogen (secondary N) is 1. The maximum Gasteiger partial charge on any atom is 0.305 e. The summed E-state index contributed by atoms with van der Waals surface area (Å²) in [6, 6.07) is 18.4. The van der Waals surface area contributed by atoms with Crippen LogP contribution in [0.2, 0.25) is 0 Å². The molecule has 1 N–H and O–H groups in total. The number of benzene rings is 1. The number of rotatable bonds is 7. The molecule has 1 fully saturated rings. The van der Waals surface area contributed by atoms with Crippen LogP contribution in [0.25, 0.3) is 5.69 Å². The van der Waals surface area contributed by atoms with E-state index in [0.29, 0.717) is 24.5 Å². The van der Waals surface area contributed by atoms with Crippen LogP contribution in [0.5, 0.6) is 0 Å². The largest absolute Gasteiger partial charge is 0.469 e. The van der Waals surface area contributed by atoms with Gasteiger partial charge in [0, 0.05) is 36.2 Å². The Morgan fingerprint density at radius 3 is 2.59 bits per heavy atom. The molecule has 0 radical (unpaired) electrons. The topological polar surface area (TPSA) is 59.4 Å². The predicted molar refractivity (Wildman–Crippen MR) is 129 cm³/mol. The lowest BCUT2D eigenvalue weighted by atomic mass is 9.96. The van der Waals surface area contributed by atoms with Crippen LogP contribution in [-0.4, -0.2) is 39.2 Å². The number of aromatic nitrogens is 2. The van der Waals surface area contributed by atoms with E-state index in [4.69, 9.17) is 17.0 Å². The molecule has 0 spiro atoms. The SMILES string of the molecule is COC(=O)CCCN1C(=S)N[C@@H](c2ccccn2)[C@H]1c1cc(C)n(-c2ccccc2)c1C. The van der Waals surface area contributed by atoms with E-state index in [9.17, 15) is 4.79 Å². The molecule has 3 aromatic rings. The van der Waals surface area contributed by atoms with Crippen molar-refractivity contribution in [3.05, 3.63) is 83.4 Å². The molecule has 1 saturated heterocycles. The predicted octanol–water partition coefficient (Wildman–Crippen LogP) is 4.41. The Morgan fingerprint density at radius 2 is 1.91 bits per heavy atom. The number of hydrogen-bond donors (Lipinski definition) is 1. The molecule has 0 aliphatic carbocycles. The van der Waals surface area contributed by atoms with E-state index in [2.05, 4.69) is 63.9 Å². The fraction of sp³-hybridized carbons (Fsp3) is 0.320. The first-order chi connectivity index (χ1) is 15.5. The van der Waals surface area contributed by atoms with Crippen molar-refractivity contribution >= 4 is 23.3 Å². The van der Waals surface area contributed by atoms with Crippen molar-refractivity contribution in [1.82, 2.24) is 19.8 Å². The normalized spacial score (nSPS) is 18.0. The summed E-state index contributed by atoms with van der Waals surface area (Å²) in [6.07, 6.45) is 2.83. The lowest BCUT2D eigenvalue weighted by Crippen LogP contribution is -2.31. The highest BCUT2D eigenvalue weighted by atomic mass is 32.1. The van der Waals surface area contributed by atoms with Gasteiger partial charge in [-0.3, -0.25) is 9.78 Å². The minimum atomic E-state index is -0.205. The third kappa shape index (κ3) is 4.25. The first-order valence-electron chi connectivity index (χ1n) is 10.8. The van der Waals surface area contributed by atoms with Crippen molar-refractivity contribution in [2.24, 2.45) is 0 Å². The van der Waals surface area contributed by atoms with Crippen LogP contribution in [-0.2, 0) is 9.53 Å². The first kappa shape index (κ1) is 22.0. The van der Waals surface area contributed by atoms with E-state index < -0.39 is 0 Å². The summed E-state index contributed by atoms with van der Waals surface area (Å²) < 4.78 is 7.09. The van der Waals surface area contributed by atoms with Crippen LogP contribution in [0.15, 0.2) is 60.8 Å². The zero-order valence-electron chi connectivity index (χ0n) is 18.6. The molecule has 0 saturated carbocycles.